The third-order valence-corrected chi connectivity index (χ3v) is 5.48. The minimum absolute atomic E-state index is 0.0121. The van der Waals surface area contributed by atoms with Crippen LogP contribution in [0.5, 0.6) is 0 Å². The van der Waals surface area contributed by atoms with Gasteiger partial charge in [-0.3, -0.25) is 4.79 Å². The number of sulfone groups is 1. The quantitative estimate of drug-likeness (QED) is 0.636. The molecule has 0 bridgehead atoms. The smallest absolute Gasteiger partial charge is 0.224 e. The lowest BCUT2D eigenvalue weighted by Gasteiger charge is -2.31. The summed E-state index contributed by atoms with van der Waals surface area (Å²) in [5.74, 6) is 0.528. The molecule has 6 nitrogen and oxygen atoms in total. The topological polar surface area (TPSA) is 92.5 Å². The molecule has 118 valence electrons. The van der Waals surface area contributed by atoms with Crippen molar-refractivity contribution < 1.29 is 13.2 Å². The van der Waals surface area contributed by atoms with E-state index in [0.717, 1.165) is 32.5 Å². The number of amides is 1. The third-order valence-electron chi connectivity index (χ3n) is 3.69. The van der Waals surface area contributed by atoms with Crippen LogP contribution in [0, 0.1) is 5.92 Å². The molecular formula is C13H27N3O3S. The first kappa shape index (κ1) is 17.4. The van der Waals surface area contributed by atoms with Gasteiger partial charge in [0.1, 0.15) is 9.84 Å². The van der Waals surface area contributed by atoms with E-state index in [4.69, 9.17) is 5.73 Å². The van der Waals surface area contributed by atoms with Gasteiger partial charge < -0.3 is 16.0 Å². The molecule has 20 heavy (non-hydrogen) atoms. The van der Waals surface area contributed by atoms with Gasteiger partial charge in [0.2, 0.25) is 5.91 Å². The minimum atomic E-state index is -2.88. The molecule has 1 aliphatic heterocycles. The molecule has 0 radical (unpaired) electrons. The highest BCUT2D eigenvalue weighted by molar-refractivity contribution is 7.91. The Morgan fingerprint density at radius 3 is 2.85 bits per heavy atom. The van der Waals surface area contributed by atoms with E-state index in [0.29, 0.717) is 19.5 Å². The predicted molar refractivity (Wildman–Crippen MR) is 80.2 cm³/mol. The maximum absolute atomic E-state index is 11.9. The van der Waals surface area contributed by atoms with Gasteiger partial charge >= 0.3 is 0 Å². The van der Waals surface area contributed by atoms with Crippen molar-refractivity contribution in [3.63, 3.8) is 0 Å². The number of carbonyl (C=O) groups excluding carboxylic acids is 1. The fraction of sp³-hybridized carbons (Fsp3) is 0.923. The number of nitrogens with zero attached hydrogens (tertiary/aromatic N) is 1. The first-order valence-electron chi connectivity index (χ1n) is 7.39. The Labute approximate surface area is 122 Å². The molecule has 1 saturated heterocycles. The molecular weight excluding hydrogens is 278 g/mol. The molecule has 0 saturated carbocycles. The zero-order valence-corrected chi connectivity index (χ0v) is 13.1. The Morgan fingerprint density at radius 2 is 2.20 bits per heavy atom. The molecule has 1 unspecified atom stereocenters. The molecule has 0 aromatic carbocycles. The molecule has 7 heteroatoms. The molecule has 1 fully saturated rings. The standard InChI is InChI=1S/C13H27N3O3S/c1-2-20(18,19)10-4-9-16-8-3-5-12(11-16)13(17)15-7-6-14/h12H,2-11,14H2,1H3,(H,15,17). The first-order valence-corrected chi connectivity index (χ1v) is 9.21. The fourth-order valence-electron chi connectivity index (χ4n) is 2.46. The maximum Gasteiger partial charge on any atom is 0.224 e. The molecule has 0 aromatic rings. The van der Waals surface area contributed by atoms with Gasteiger partial charge in [0.05, 0.1) is 11.7 Å². The summed E-state index contributed by atoms with van der Waals surface area (Å²) in [6.07, 6.45) is 2.54. The maximum atomic E-state index is 11.9. The van der Waals surface area contributed by atoms with Gasteiger partial charge in [-0.25, -0.2) is 8.42 Å². The number of carbonyl (C=O) groups is 1. The summed E-state index contributed by atoms with van der Waals surface area (Å²) in [5, 5.41) is 2.83. The summed E-state index contributed by atoms with van der Waals surface area (Å²) in [4.78, 5) is 14.1. The van der Waals surface area contributed by atoms with E-state index in [1.165, 1.54) is 0 Å². The molecule has 0 aromatic heterocycles. The van der Waals surface area contributed by atoms with E-state index in [1.54, 1.807) is 6.92 Å². The molecule has 1 rings (SSSR count). The van der Waals surface area contributed by atoms with Gasteiger partial charge in [-0.05, 0) is 32.4 Å². The molecule has 1 heterocycles. The number of hydrogen-bond donors (Lipinski definition) is 2. The zero-order chi connectivity index (χ0) is 15.0. The Balaban J connectivity index is 2.32. The van der Waals surface area contributed by atoms with Crippen molar-refractivity contribution in [1.29, 1.82) is 0 Å². The largest absolute Gasteiger partial charge is 0.355 e. The number of piperidine rings is 1. The highest BCUT2D eigenvalue weighted by Crippen LogP contribution is 2.16. The van der Waals surface area contributed by atoms with Crippen molar-refractivity contribution in [2.45, 2.75) is 26.2 Å². The second kappa shape index (κ2) is 8.59. The van der Waals surface area contributed by atoms with Crippen LogP contribution in [0.3, 0.4) is 0 Å². The summed E-state index contributed by atoms with van der Waals surface area (Å²) in [6, 6.07) is 0. The Bertz CT molecular complexity index is 398. The Morgan fingerprint density at radius 1 is 1.45 bits per heavy atom. The van der Waals surface area contributed by atoms with E-state index < -0.39 is 9.84 Å². The highest BCUT2D eigenvalue weighted by atomic mass is 32.2. The lowest BCUT2D eigenvalue weighted by atomic mass is 9.97. The lowest BCUT2D eigenvalue weighted by Crippen LogP contribution is -2.44. The third kappa shape index (κ3) is 6.19. The monoisotopic (exact) mass is 305 g/mol. The molecule has 3 N–H and O–H groups in total. The minimum Gasteiger partial charge on any atom is -0.355 e. The van der Waals surface area contributed by atoms with Crippen LogP contribution in [0.2, 0.25) is 0 Å². The van der Waals surface area contributed by atoms with Crippen molar-refractivity contribution >= 4 is 15.7 Å². The normalized spacial score (nSPS) is 20.8. The number of rotatable bonds is 8. The van der Waals surface area contributed by atoms with E-state index in [9.17, 15) is 13.2 Å². The van der Waals surface area contributed by atoms with Crippen LogP contribution >= 0.6 is 0 Å². The van der Waals surface area contributed by atoms with E-state index in [-0.39, 0.29) is 23.3 Å². The predicted octanol–water partition coefficient (Wildman–Crippen LogP) is -0.402. The van der Waals surface area contributed by atoms with Gasteiger partial charge in [-0.1, -0.05) is 6.92 Å². The average Bonchev–Trinajstić information content (AvgIpc) is 2.45. The number of likely N-dealkylation sites (tertiary alicyclic amines) is 1. The Kier molecular flexibility index (Phi) is 7.47. The molecule has 1 atom stereocenters. The second-order valence-corrected chi connectivity index (χ2v) is 7.78. The molecule has 0 aliphatic carbocycles. The summed E-state index contributed by atoms with van der Waals surface area (Å²) in [7, 11) is -2.88. The van der Waals surface area contributed by atoms with Crippen LogP contribution in [-0.2, 0) is 14.6 Å². The van der Waals surface area contributed by atoms with Crippen molar-refractivity contribution in [2.24, 2.45) is 11.7 Å². The van der Waals surface area contributed by atoms with Crippen molar-refractivity contribution in [3.05, 3.63) is 0 Å². The summed E-state index contributed by atoms with van der Waals surface area (Å²) in [5.41, 5.74) is 5.37. The van der Waals surface area contributed by atoms with Gasteiger partial charge in [0.15, 0.2) is 0 Å². The zero-order valence-electron chi connectivity index (χ0n) is 12.3. The van der Waals surface area contributed by atoms with E-state index in [2.05, 4.69) is 10.2 Å². The van der Waals surface area contributed by atoms with Gasteiger partial charge in [0.25, 0.3) is 0 Å². The number of hydrogen-bond acceptors (Lipinski definition) is 5. The van der Waals surface area contributed by atoms with Gasteiger partial charge in [-0.2, -0.15) is 0 Å². The first-order chi connectivity index (χ1) is 9.48. The van der Waals surface area contributed by atoms with E-state index in [1.807, 2.05) is 0 Å². The fourth-order valence-corrected chi connectivity index (χ4v) is 3.32. The van der Waals surface area contributed by atoms with Crippen LogP contribution in [0.1, 0.15) is 26.2 Å². The molecule has 1 amide bonds. The van der Waals surface area contributed by atoms with Gasteiger partial charge in [0, 0.05) is 25.4 Å². The van der Waals surface area contributed by atoms with Crippen molar-refractivity contribution in [2.75, 3.05) is 44.2 Å². The second-order valence-electron chi connectivity index (χ2n) is 5.31. The van der Waals surface area contributed by atoms with Crippen LogP contribution in [0.25, 0.3) is 0 Å². The summed E-state index contributed by atoms with van der Waals surface area (Å²) < 4.78 is 22.9. The van der Waals surface area contributed by atoms with E-state index >= 15 is 0 Å². The molecule has 0 spiro atoms. The van der Waals surface area contributed by atoms with Crippen LogP contribution < -0.4 is 11.1 Å². The van der Waals surface area contributed by atoms with Crippen LogP contribution in [0.15, 0.2) is 0 Å². The average molecular weight is 305 g/mol. The molecule has 1 aliphatic rings. The van der Waals surface area contributed by atoms with Crippen LogP contribution in [-0.4, -0.2) is 63.5 Å². The van der Waals surface area contributed by atoms with Crippen molar-refractivity contribution in [3.8, 4) is 0 Å². The lowest BCUT2D eigenvalue weighted by molar-refractivity contribution is -0.126. The number of nitrogens with one attached hydrogen (secondary N) is 1. The summed E-state index contributed by atoms with van der Waals surface area (Å²) in [6.45, 7) is 5.07. The number of nitrogens with two attached hydrogens (primary N) is 1. The van der Waals surface area contributed by atoms with Gasteiger partial charge in [-0.15, -0.1) is 0 Å². The van der Waals surface area contributed by atoms with Crippen LogP contribution in [0.4, 0.5) is 0 Å². The highest BCUT2D eigenvalue weighted by Gasteiger charge is 2.25. The van der Waals surface area contributed by atoms with Crippen molar-refractivity contribution in [1.82, 2.24) is 10.2 Å². The SMILES string of the molecule is CCS(=O)(=O)CCCN1CCCC(C(=O)NCCN)C1. The Hall–Kier alpha value is -0.660. The summed E-state index contributed by atoms with van der Waals surface area (Å²) >= 11 is 0.